The van der Waals surface area contributed by atoms with E-state index < -0.39 is 4.92 Å². The Hall–Kier alpha value is -1.58. The number of rotatable bonds is 1. The van der Waals surface area contributed by atoms with E-state index in [1.807, 2.05) is 0 Å². The molecule has 0 aliphatic heterocycles. The van der Waals surface area contributed by atoms with Crippen LogP contribution < -0.4 is 5.11 Å². The summed E-state index contributed by atoms with van der Waals surface area (Å²) in [4.78, 5) is 9.47. The fourth-order valence-electron chi connectivity index (χ4n) is 0.568. The van der Waals surface area contributed by atoms with Crippen molar-refractivity contribution in [3.8, 4) is 5.75 Å². The normalized spacial score (nSPS) is 9.20. The maximum atomic E-state index is 10.4. The Labute approximate surface area is 56.9 Å². The minimum absolute atomic E-state index is 0.0559. The maximum Gasteiger partial charge on any atom is 0.269 e. The fourth-order valence-corrected chi connectivity index (χ4v) is 0.568. The van der Waals surface area contributed by atoms with Gasteiger partial charge in [-0.05, 0) is 0 Å². The lowest BCUT2D eigenvalue weighted by Gasteiger charge is -2.00. The fraction of sp³-hybridized carbons (Fsp3) is 0. The molecule has 0 amide bonds. The monoisotopic (exact) mass is 144 g/mol. The number of hydrogen-bond acceptors (Lipinski definition) is 3. The second-order valence-electron chi connectivity index (χ2n) is 1.75. The third-order valence-corrected chi connectivity index (χ3v) is 1.05. The van der Waals surface area contributed by atoms with Crippen molar-refractivity contribution in [2.24, 2.45) is 0 Å². The molecule has 52 valence electrons. The van der Waals surface area contributed by atoms with Crippen LogP contribution in [0.3, 0.4) is 0 Å². The first-order valence-corrected chi connectivity index (χ1v) is 2.61. The summed E-state index contributed by atoms with van der Waals surface area (Å²) in [6, 6.07) is 4.70. The Morgan fingerprint density at radius 2 is 1.70 bits per heavy atom. The van der Waals surface area contributed by atoms with Crippen LogP contribution in [0.2, 0.25) is 0 Å². The van der Waals surface area contributed by atoms with Crippen LogP contribution in [0.4, 0.5) is 5.69 Å². The molecular formula is C6H4NO3-. The number of nitrogens with zero attached hydrogens (tertiary/aromatic N) is 1. The van der Waals surface area contributed by atoms with Crippen LogP contribution in [-0.2, 0) is 0 Å². The molecular weight excluding hydrogens is 140 g/mol. The lowest BCUT2D eigenvalue weighted by molar-refractivity contribution is -0.385. The van der Waals surface area contributed by atoms with Crippen LogP contribution in [-0.4, -0.2) is 4.92 Å². The molecule has 0 heterocycles. The summed E-state index contributed by atoms with van der Waals surface area (Å²) in [5.74, 6) is -0.217. The highest BCUT2D eigenvalue weighted by Gasteiger charge is 1.99. The van der Waals surface area contributed by atoms with Gasteiger partial charge in [0.25, 0.3) is 5.69 Å². The van der Waals surface area contributed by atoms with Gasteiger partial charge in [-0.25, -0.2) is 0 Å². The molecule has 0 fully saturated rings. The van der Waals surface area contributed by atoms with Crippen LogP contribution in [0.25, 0.3) is 0 Å². The zero-order chi connectivity index (χ0) is 7.56. The minimum atomic E-state index is -0.542. The summed E-state index contributed by atoms with van der Waals surface area (Å²) >= 11 is 0. The molecule has 0 aromatic heterocycles. The summed E-state index contributed by atoms with van der Waals surface area (Å²) in [6.45, 7) is 0. The van der Waals surface area contributed by atoms with E-state index >= 15 is 0 Å². The first-order chi connectivity index (χ1) is 4.70. The van der Waals surface area contributed by atoms with Gasteiger partial charge in [0.2, 0.25) is 0 Å². The molecule has 4 nitrogen and oxygen atoms in total. The van der Waals surface area contributed by atoms with Gasteiger partial charge in [0.05, 0.1) is 4.92 Å². The van der Waals surface area contributed by atoms with Gasteiger partial charge in [0, 0.05) is 12.1 Å². The third kappa shape index (κ3) is 1.22. The van der Waals surface area contributed by atoms with Gasteiger partial charge in [-0.3, -0.25) is 10.1 Å². The van der Waals surface area contributed by atoms with Crippen molar-refractivity contribution in [1.82, 2.24) is 0 Å². The predicted molar refractivity (Wildman–Crippen MR) is 32.5 cm³/mol. The lowest BCUT2D eigenvalue weighted by Crippen LogP contribution is -1.90. The second-order valence-corrected chi connectivity index (χ2v) is 1.75. The highest BCUT2D eigenvalue weighted by Crippen LogP contribution is 2.12. The molecule has 4 heteroatoms. The first-order valence-electron chi connectivity index (χ1n) is 2.61. The van der Waals surface area contributed by atoms with Gasteiger partial charge in [-0.2, -0.15) is 0 Å². The number of hydrogen-bond donors (Lipinski definition) is 0. The van der Waals surface area contributed by atoms with Crippen molar-refractivity contribution in [2.45, 2.75) is 0 Å². The molecule has 0 radical (unpaired) electrons. The maximum absolute atomic E-state index is 10.4. The van der Waals surface area contributed by atoms with Crippen molar-refractivity contribution in [3.05, 3.63) is 34.4 Å². The summed E-state index contributed by atoms with van der Waals surface area (Å²) < 4.78 is 0. The smallest absolute Gasteiger partial charge is 0.269 e. The van der Waals surface area contributed by atoms with Crippen molar-refractivity contribution in [2.75, 3.05) is 0 Å². The van der Waals surface area contributed by atoms with E-state index in [1.54, 1.807) is 0 Å². The molecule has 0 aliphatic rings. The summed E-state index contributed by atoms with van der Waals surface area (Å²) in [5, 5.41) is 20.4. The molecule has 0 bridgehead atoms. The third-order valence-electron chi connectivity index (χ3n) is 1.05. The zero-order valence-corrected chi connectivity index (χ0v) is 4.98. The molecule has 0 aliphatic carbocycles. The number of non-ortho nitro benzene ring substituents is 1. The highest BCUT2D eigenvalue weighted by molar-refractivity contribution is 5.34. The predicted octanol–water partition coefficient (Wildman–Crippen LogP) is 0.668. The molecule has 1 aromatic rings. The molecule has 0 saturated heterocycles. The van der Waals surface area contributed by atoms with Crippen molar-refractivity contribution in [1.29, 1.82) is 0 Å². The van der Waals surface area contributed by atoms with E-state index in [-0.39, 0.29) is 11.4 Å². The van der Waals surface area contributed by atoms with Gasteiger partial charge in [0.15, 0.2) is 0 Å². The Morgan fingerprint density at radius 1 is 1.20 bits per heavy atom. The summed E-state index contributed by atoms with van der Waals surface area (Å²) in [7, 11) is 0. The van der Waals surface area contributed by atoms with Gasteiger partial charge in [0.1, 0.15) is 0 Å². The standard InChI is InChI=1S/C6H5NO3/c8-6-3-1-5(2-4-6)7(9)10/h1-4,8H/p-1/i1+1,2+1,3+1,4+1,5+1,6+1. The van der Waals surface area contributed by atoms with Crippen molar-refractivity contribution in [3.63, 3.8) is 0 Å². The molecule has 0 N–H and O–H groups in total. The SMILES string of the molecule is O=[N+]([O-])[13c]1[13cH][13cH][13c]([O-])[13cH][13cH]1. The van der Waals surface area contributed by atoms with Crippen LogP contribution in [0.5, 0.6) is 5.75 Å². The molecule has 10 heavy (non-hydrogen) atoms. The molecule has 0 saturated carbocycles. The molecule has 0 atom stereocenters. The Balaban J connectivity index is 3.00. The largest absolute Gasteiger partial charge is 0.872 e. The lowest BCUT2D eigenvalue weighted by atomic mass is 11.3. The molecule has 1 rings (SSSR count). The molecule has 1 aromatic carbocycles. The van der Waals surface area contributed by atoms with Crippen LogP contribution >= 0.6 is 0 Å². The van der Waals surface area contributed by atoms with E-state index in [1.165, 1.54) is 12.1 Å². The van der Waals surface area contributed by atoms with Crippen LogP contribution in [0, 0.1) is 10.1 Å². The average Bonchev–Trinajstić information content (AvgIpc) is 1.88. The van der Waals surface area contributed by atoms with E-state index in [0.29, 0.717) is 0 Å². The van der Waals surface area contributed by atoms with Gasteiger partial charge >= 0.3 is 0 Å². The number of nitro benzene ring substituents is 1. The minimum Gasteiger partial charge on any atom is -0.872 e. The molecule has 0 unspecified atom stereocenters. The Morgan fingerprint density at radius 3 is 2.10 bits per heavy atom. The quantitative estimate of drug-likeness (QED) is 0.429. The summed E-state index contributed by atoms with van der Waals surface area (Å²) in [6.07, 6.45) is 0. The van der Waals surface area contributed by atoms with Crippen molar-refractivity contribution < 1.29 is 10.0 Å². The topological polar surface area (TPSA) is 66.2 Å². The van der Waals surface area contributed by atoms with E-state index in [0.717, 1.165) is 12.1 Å². The van der Waals surface area contributed by atoms with Crippen LogP contribution in [0.15, 0.2) is 24.3 Å². The van der Waals surface area contributed by atoms with Gasteiger partial charge in [-0.15, -0.1) is 5.75 Å². The van der Waals surface area contributed by atoms with Gasteiger partial charge < -0.3 is 5.11 Å². The van der Waals surface area contributed by atoms with E-state index in [9.17, 15) is 15.2 Å². The Kier molecular flexibility index (Phi) is 1.53. The average molecular weight is 144 g/mol. The van der Waals surface area contributed by atoms with Crippen molar-refractivity contribution >= 4 is 5.69 Å². The van der Waals surface area contributed by atoms with E-state index in [2.05, 4.69) is 0 Å². The zero-order valence-electron chi connectivity index (χ0n) is 4.98. The number of nitro groups is 1. The van der Waals surface area contributed by atoms with E-state index in [4.69, 9.17) is 0 Å². The number of benzene rings is 1. The van der Waals surface area contributed by atoms with Gasteiger partial charge in [-0.1, -0.05) is 12.1 Å². The Bertz CT molecular complexity index is 242. The first kappa shape index (κ1) is 6.54. The molecule has 0 spiro atoms. The van der Waals surface area contributed by atoms with Crippen LogP contribution in [0.1, 0.15) is 0 Å². The second kappa shape index (κ2) is 2.34. The summed E-state index contributed by atoms with van der Waals surface area (Å²) in [5.41, 5.74) is -0.0559. The highest BCUT2D eigenvalue weighted by atomic mass is 16.6.